The average molecular weight is 230 g/mol. The van der Waals surface area contributed by atoms with Gasteiger partial charge in [-0.2, -0.15) is 0 Å². The predicted molar refractivity (Wildman–Crippen MR) is 56.9 cm³/mol. The normalized spacial score (nSPS) is 12.4. The lowest BCUT2D eigenvalue weighted by molar-refractivity contribution is -0.136. The Balaban J connectivity index is 2.43. The second kappa shape index (κ2) is 5.70. The van der Waals surface area contributed by atoms with E-state index in [2.05, 4.69) is 5.32 Å². The highest BCUT2D eigenvalue weighted by atomic mass is 35.5. The molecule has 0 bridgehead atoms. The molecule has 82 valence electrons. The molecule has 1 atom stereocenters. The van der Waals surface area contributed by atoms with Gasteiger partial charge in [-0.15, -0.1) is 0 Å². The topological polar surface area (TPSA) is 69.6 Å². The lowest BCUT2D eigenvalue weighted by Gasteiger charge is -2.10. The van der Waals surface area contributed by atoms with Crippen molar-refractivity contribution in [3.05, 3.63) is 34.9 Å². The molecule has 1 aromatic carbocycles. The zero-order valence-corrected chi connectivity index (χ0v) is 8.74. The molecule has 3 N–H and O–H groups in total. The molecule has 0 aliphatic heterocycles. The number of benzene rings is 1. The van der Waals surface area contributed by atoms with Crippen LogP contribution in [0.1, 0.15) is 11.7 Å². The number of aliphatic carboxylic acids is 1. The quantitative estimate of drug-likeness (QED) is 0.706. The van der Waals surface area contributed by atoms with Crippen molar-refractivity contribution in [1.29, 1.82) is 0 Å². The minimum Gasteiger partial charge on any atom is -0.480 e. The van der Waals surface area contributed by atoms with Crippen LogP contribution in [0.2, 0.25) is 5.02 Å². The van der Waals surface area contributed by atoms with E-state index in [1.807, 2.05) is 0 Å². The molecule has 4 nitrogen and oxygen atoms in total. The van der Waals surface area contributed by atoms with Crippen LogP contribution >= 0.6 is 11.6 Å². The maximum Gasteiger partial charge on any atom is 0.317 e. The van der Waals surface area contributed by atoms with Gasteiger partial charge in [0.2, 0.25) is 0 Å². The number of aliphatic hydroxyl groups is 1. The highest BCUT2D eigenvalue weighted by Crippen LogP contribution is 2.15. The lowest BCUT2D eigenvalue weighted by Crippen LogP contribution is -2.27. The summed E-state index contributed by atoms with van der Waals surface area (Å²) in [6, 6.07) is 6.76. The molecule has 0 heterocycles. The van der Waals surface area contributed by atoms with Crippen LogP contribution in [-0.2, 0) is 4.79 Å². The number of hydrogen-bond donors (Lipinski definition) is 3. The molecule has 0 aliphatic rings. The molecular formula is C10H12ClNO3. The minimum atomic E-state index is -0.946. The summed E-state index contributed by atoms with van der Waals surface area (Å²) in [4.78, 5) is 10.2. The van der Waals surface area contributed by atoms with Crippen molar-refractivity contribution in [2.45, 2.75) is 6.10 Å². The van der Waals surface area contributed by atoms with Crippen LogP contribution in [0.25, 0.3) is 0 Å². The van der Waals surface area contributed by atoms with Crippen LogP contribution in [0.4, 0.5) is 0 Å². The Hall–Kier alpha value is -1.10. The van der Waals surface area contributed by atoms with Crippen molar-refractivity contribution in [3.63, 3.8) is 0 Å². The van der Waals surface area contributed by atoms with Crippen LogP contribution in [0, 0.1) is 0 Å². The van der Waals surface area contributed by atoms with E-state index in [1.54, 1.807) is 24.3 Å². The molecular weight excluding hydrogens is 218 g/mol. The number of rotatable bonds is 5. The maximum atomic E-state index is 10.2. The Morgan fingerprint density at radius 1 is 1.40 bits per heavy atom. The molecule has 0 aromatic heterocycles. The maximum absolute atomic E-state index is 10.2. The van der Waals surface area contributed by atoms with Crippen LogP contribution < -0.4 is 5.32 Å². The smallest absolute Gasteiger partial charge is 0.317 e. The Kier molecular flexibility index (Phi) is 4.55. The largest absolute Gasteiger partial charge is 0.480 e. The monoisotopic (exact) mass is 229 g/mol. The fraction of sp³-hybridized carbons (Fsp3) is 0.300. The molecule has 0 spiro atoms. The van der Waals surface area contributed by atoms with Crippen LogP contribution in [0.3, 0.4) is 0 Å². The summed E-state index contributed by atoms with van der Waals surface area (Å²) < 4.78 is 0. The van der Waals surface area contributed by atoms with E-state index in [0.29, 0.717) is 10.6 Å². The molecule has 0 saturated carbocycles. The molecule has 15 heavy (non-hydrogen) atoms. The van der Waals surface area contributed by atoms with Gasteiger partial charge < -0.3 is 15.5 Å². The summed E-state index contributed by atoms with van der Waals surface area (Å²) in [5, 5.41) is 21.2. The van der Waals surface area contributed by atoms with Gasteiger partial charge in [0.15, 0.2) is 0 Å². The van der Waals surface area contributed by atoms with Gasteiger partial charge in [0.1, 0.15) is 0 Å². The Morgan fingerprint density at radius 3 is 2.53 bits per heavy atom. The summed E-state index contributed by atoms with van der Waals surface area (Å²) in [6.07, 6.45) is -0.721. The third kappa shape index (κ3) is 4.29. The summed E-state index contributed by atoms with van der Waals surface area (Å²) >= 11 is 5.69. The number of aliphatic hydroxyl groups excluding tert-OH is 1. The molecule has 5 heteroatoms. The first-order chi connectivity index (χ1) is 7.09. The van der Waals surface area contributed by atoms with Crippen molar-refractivity contribution in [2.75, 3.05) is 13.1 Å². The third-order valence-corrected chi connectivity index (χ3v) is 2.12. The van der Waals surface area contributed by atoms with E-state index < -0.39 is 12.1 Å². The van der Waals surface area contributed by atoms with Gasteiger partial charge in [0, 0.05) is 11.6 Å². The fourth-order valence-corrected chi connectivity index (χ4v) is 1.24. The number of halogens is 1. The third-order valence-electron chi connectivity index (χ3n) is 1.87. The zero-order valence-electron chi connectivity index (χ0n) is 7.98. The molecule has 1 rings (SSSR count). The molecule has 0 fully saturated rings. The van der Waals surface area contributed by atoms with E-state index in [4.69, 9.17) is 16.7 Å². The van der Waals surface area contributed by atoms with Gasteiger partial charge in [-0.3, -0.25) is 4.79 Å². The molecule has 0 radical (unpaired) electrons. The molecule has 1 aromatic rings. The molecule has 0 saturated heterocycles. The molecule has 1 unspecified atom stereocenters. The van der Waals surface area contributed by atoms with Crippen molar-refractivity contribution < 1.29 is 15.0 Å². The first kappa shape index (κ1) is 12.0. The first-order valence-corrected chi connectivity index (χ1v) is 4.83. The van der Waals surface area contributed by atoms with E-state index in [9.17, 15) is 9.90 Å². The predicted octanol–water partition coefficient (Wildman–Crippen LogP) is 1.05. The standard InChI is InChI=1S/C10H12ClNO3/c11-8-3-1-7(2-4-8)9(13)5-12-6-10(14)15/h1-4,9,12-13H,5-6H2,(H,14,15). The van der Waals surface area contributed by atoms with Crippen LogP contribution in [0.5, 0.6) is 0 Å². The zero-order chi connectivity index (χ0) is 11.3. The number of hydrogen-bond acceptors (Lipinski definition) is 3. The van der Waals surface area contributed by atoms with Crippen molar-refractivity contribution in [3.8, 4) is 0 Å². The Morgan fingerprint density at radius 2 is 2.00 bits per heavy atom. The van der Waals surface area contributed by atoms with E-state index in [-0.39, 0.29) is 13.1 Å². The van der Waals surface area contributed by atoms with Crippen molar-refractivity contribution >= 4 is 17.6 Å². The first-order valence-electron chi connectivity index (χ1n) is 4.45. The van der Waals surface area contributed by atoms with E-state index >= 15 is 0 Å². The molecule has 0 aliphatic carbocycles. The summed E-state index contributed by atoms with van der Waals surface area (Å²) in [7, 11) is 0. The van der Waals surface area contributed by atoms with Gasteiger partial charge in [-0.1, -0.05) is 23.7 Å². The van der Waals surface area contributed by atoms with Gasteiger partial charge in [0.25, 0.3) is 0 Å². The van der Waals surface area contributed by atoms with E-state index in [0.717, 1.165) is 0 Å². The van der Waals surface area contributed by atoms with Crippen molar-refractivity contribution in [2.24, 2.45) is 0 Å². The summed E-state index contributed by atoms with van der Waals surface area (Å²) in [5.41, 5.74) is 0.706. The molecule has 0 amide bonds. The summed E-state index contributed by atoms with van der Waals surface area (Å²) in [5.74, 6) is -0.946. The van der Waals surface area contributed by atoms with Crippen LogP contribution in [-0.4, -0.2) is 29.3 Å². The van der Waals surface area contributed by atoms with E-state index in [1.165, 1.54) is 0 Å². The fourth-order valence-electron chi connectivity index (χ4n) is 1.12. The number of carbonyl (C=O) groups is 1. The Bertz CT molecular complexity index is 326. The second-order valence-corrected chi connectivity index (χ2v) is 3.53. The number of carboxylic acids is 1. The summed E-state index contributed by atoms with van der Waals surface area (Å²) in [6.45, 7) is 0.0403. The highest BCUT2D eigenvalue weighted by Gasteiger charge is 2.07. The number of nitrogens with one attached hydrogen (secondary N) is 1. The van der Waals surface area contributed by atoms with Gasteiger partial charge >= 0.3 is 5.97 Å². The highest BCUT2D eigenvalue weighted by molar-refractivity contribution is 6.30. The lowest BCUT2D eigenvalue weighted by atomic mass is 10.1. The average Bonchev–Trinajstić information content (AvgIpc) is 2.18. The number of carboxylic acid groups (broad SMARTS) is 1. The van der Waals surface area contributed by atoms with Gasteiger partial charge in [-0.25, -0.2) is 0 Å². The second-order valence-electron chi connectivity index (χ2n) is 3.09. The van der Waals surface area contributed by atoms with Gasteiger partial charge in [-0.05, 0) is 17.7 Å². The van der Waals surface area contributed by atoms with Gasteiger partial charge in [0.05, 0.1) is 12.6 Å². The minimum absolute atomic E-state index is 0.162. The Labute approximate surface area is 92.5 Å². The van der Waals surface area contributed by atoms with Crippen LogP contribution in [0.15, 0.2) is 24.3 Å². The SMILES string of the molecule is O=C(O)CNCC(O)c1ccc(Cl)cc1. The van der Waals surface area contributed by atoms with Crippen molar-refractivity contribution in [1.82, 2.24) is 5.32 Å².